The SMILES string of the molecule is Cl.Cl.[C-]1=CC=CC1.[CH2-]C.[CH3-].[CH3-].[CH3-].[CH3-].[CH3-].[Hf]. The van der Waals surface area contributed by atoms with Gasteiger partial charge in [0.2, 0.25) is 0 Å². The molecule has 0 bridgehead atoms. The van der Waals surface area contributed by atoms with E-state index in [0.29, 0.717) is 0 Å². The van der Waals surface area contributed by atoms with Crippen LogP contribution in [0.2, 0.25) is 0 Å². The van der Waals surface area contributed by atoms with E-state index in [1.807, 2.05) is 12.2 Å². The van der Waals surface area contributed by atoms with E-state index >= 15 is 0 Å². The molecule has 1 aliphatic rings. The molecule has 0 aromatic carbocycles. The second kappa shape index (κ2) is 82.4. The fourth-order valence-corrected chi connectivity index (χ4v) is 0.340. The van der Waals surface area contributed by atoms with E-state index in [1.165, 1.54) is 0 Å². The Morgan fingerprint density at radius 3 is 1.33 bits per heavy atom. The molecule has 0 atom stereocenters. The number of rotatable bonds is 0. The van der Waals surface area contributed by atoms with Crippen LogP contribution in [0.5, 0.6) is 0 Å². The van der Waals surface area contributed by atoms with Crippen molar-refractivity contribution in [3.8, 4) is 0 Å². The predicted octanol–water partition coefficient (Wildman–Crippen LogP) is 5.24. The third-order valence-corrected chi connectivity index (χ3v) is 0.586. The third-order valence-electron chi connectivity index (χ3n) is 0.586. The second-order valence-electron chi connectivity index (χ2n) is 1.00. The molecule has 1 aliphatic carbocycles. The smallest absolute Gasteiger partial charge is 0 e. The molecule has 0 aromatic heterocycles. The number of allylic oxidation sites excluding steroid dienone is 4. The first-order valence-corrected chi connectivity index (χ1v) is 2.42. The van der Waals surface area contributed by atoms with Gasteiger partial charge in [0.15, 0.2) is 0 Å². The van der Waals surface area contributed by atoms with Crippen LogP contribution in [0.1, 0.15) is 13.3 Å². The minimum Gasteiger partial charge on any atom is -0.358 e. The average Bonchev–Trinajstić information content (AvgIpc) is 2.23. The molecule has 0 unspecified atom stereocenters. The Balaban J connectivity index is -0.00000000495. The van der Waals surface area contributed by atoms with Crippen molar-refractivity contribution in [3.63, 3.8) is 0 Å². The van der Waals surface area contributed by atoms with E-state index in [4.69, 9.17) is 0 Å². The van der Waals surface area contributed by atoms with E-state index in [9.17, 15) is 0 Å². The summed E-state index contributed by atoms with van der Waals surface area (Å²) in [6.07, 6.45) is 10.0. The summed E-state index contributed by atoms with van der Waals surface area (Å²) in [5.74, 6) is 0. The Morgan fingerprint density at radius 2 is 1.27 bits per heavy atom. The average molecular weight is 421 g/mol. The molecule has 100 valence electrons. The van der Waals surface area contributed by atoms with Crippen LogP contribution >= 0.6 is 24.8 Å². The molecule has 0 saturated carbocycles. The molecule has 0 heterocycles. The molecule has 3 heteroatoms. The van der Waals surface area contributed by atoms with Gasteiger partial charge < -0.3 is 44.1 Å². The zero-order valence-corrected chi connectivity index (χ0v) is 16.2. The molecule has 0 amide bonds. The van der Waals surface area contributed by atoms with Gasteiger partial charge in [-0.15, -0.1) is 31.2 Å². The maximum Gasteiger partial charge on any atom is 0 e. The van der Waals surface area contributed by atoms with Gasteiger partial charge in [0.1, 0.15) is 0 Å². The first kappa shape index (κ1) is 73.9. The third kappa shape index (κ3) is 71.0. The van der Waals surface area contributed by atoms with Gasteiger partial charge in [-0.25, -0.2) is 12.2 Å². The van der Waals surface area contributed by atoms with Gasteiger partial charge in [-0.1, -0.05) is 0 Å². The number of halogens is 2. The van der Waals surface area contributed by atoms with Gasteiger partial charge in [-0.2, -0.15) is 13.0 Å². The summed E-state index contributed by atoms with van der Waals surface area (Å²) in [7, 11) is 0. The molecule has 0 aliphatic heterocycles. The van der Waals surface area contributed by atoms with E-state index in [2.05, 4.69) is 19.1 Å². The van der Waals surface area contributed by atoms with E-state index in [-0.39, 0.29) is 87.8 Å². The van der Waals surface area contributed by atoms with Gasteiger partial charge in [0, 0.05) is 25.8 Å². The van der Waals surface area contributed by atoms with Gasteiger partial charge in [0.05, 0.1) is 0 Å². The number of hydrogen-bond acceptors (Lipinski definition) is 0. The van der Waals surface area contributed by atoms with Crippen LogP contribution in [0.25, 0.3) is 0 Å². The van der Waals surface area contributed by atoms with Crippen LogP contribution in [0, 0.1) is 50.1 Å². The molecular formula is C12H27Cl2Hf-7. The Kier molecular flexibility index (Phi) is 406. The van der Waals surface area contributed by atoms with E-state index in [0.717, 1.165) is 6.42 Å². The summed E-state index contributed by atoms with van der Waals surface area (Å²) in [6.45, 7) is 5.00. The minimum atomic E-state index is 0. The number of hydrogen-bond donors (Lipinski definition) is 0. The molecule has 0 N–H and O–H groups in total. The summed E-state index contributed by atoms with van der Waals surface area (Å²) in [5, 5.41) is 0. The summed E-state index contributed by atoms with van der Waals surface area (Å²) >= 11 is 0. The zero-order chi connectivity index (χ0) is 5.54. The summed E-state index contributed by atoms with van der Waals surface area (Å²) in [6, 6.07) is 0. The quantitative estimate of drug-likeness (QED) is 0.371. The van der Waals surface area contributed by atoms with Crippen molar-refractivity contribution in [3.05, 3.63) is 68.4 Å². The Labute approximate surface area is 132 Å². The molecule has 1 rings (SSSR count). The van der Waals surface area contributed by atoms with Crippen molar-refractivity contribution < 1.29 is 25.8 Å². The van der Waals surface area contributed by atoms with Gasteiger partial charge in [-0.3, -0.25) is 6.08 Å². The molecule has 0 nitrogen and oxygen atoms in total. The van der Waals surface area contributed by atoms with Crippen LogP contribution in [0.15, 0.2) is 18.2 Å². The van der Waals surface area contributed by atoms with Gasteiger partial charge >= 0.3 is 0 Å². The van der Waals surface area contributed by atoms with Crippen LogP contribution in [-0.2, 0) is 25.8 Å². The van der Waals surface area contributed by atoms with E-state index < -0.39 is 0 Å². The van der Waals surface area contributed by atoms with Crippen LogP contribution < -0.4 is 0 Å². The summed E-state index contributed by atoms with van der Waals surface area (Å²) < 4.78 is 0. The van der Waals surface area contributed by atoms with Gasteiger partial charge in [-0.05, 0) is 0 Å². The molecule has 15 heavy (non-hydrogen) atoms. The predicted molar refractivity (Wildman–Crippen MR) is 79.2 cm³/mol. The van der Waals surface area contributed by atoms with Crippen LogP contribution in [0.3, 0.4) is 0 Å². The molecule has 0 saturated heterocycles. The first-order valence-electron chi connectivity index (χ1n) is 2.42. The standard InChI is InChI=1S/C5H5.C2H5.5CH3.2ClH.Hf/c1-2-4-5-3-1;1-2;;;;;;;;/h1-3H,4H2;1H2,2H3;5*1H3;2*1H;/q7*-1;;;. The molecule has 0 radical (unpaired) electrons. The van der Waals surface area contributed by atoms with Crippen molar-refractivity contribution in [2.75, 3.05) is 0 Å². The second-order valence-corrected chi connectivity index (χ2v) is 1.00. The molecule has 0 spiro atoms. The van der Waals surface area contributed by atoms with Crippen molar-refractivity contribution in [2.24, 2.45) is 0 Å². The minimum absolute atomic E-state index is 0. The van der Waals surface area contributed by atoms with Crippen molar-refractivity contribution in [1.82, 2.24) is 0 Å². The summed E-state index contributed by atoms with van der Waals surface area (Å²) in [5.41, 5.74) is 0. The fraction of sp³-hybridized carbons (Fsp3) is 0.167. The van der Waals surface area contributed by atoms with E-state index in [1.54, 1.807) is 6.92 Å². The first-order chi connectivity index (χ1) is 3.50. The molecule has 0 aromatic rings. The van der Waals surface area contributed by atoms with Crippen molar-refractivity contribution in [1.29, 1.82) is 0 Å². The molecule has 0 fully saturated rings. The summed E-state index contributed by atoms with van der Waals surface area (Å²) in [4.78, 5) is 0. The monoisotopic (exact) mass is 421 g/mol. The topological polar surface area (TPSA) is 0 Å². The Hall–Kier alpha value is 0.930. The normalized spacial score (nSPS) is 6.27. The fourth-order valence-electron chi connectivity index (χ4n) is 0.340. The van der Waals surface area contributed by atoms with Crippen LogP contribution in [0.4, 0.5) is 0 Å². The van der Waals surface area contributed by atoms with Crippen LogP contribution in [-0.4, -0.2) is 0 Å². The largest absolute Gasteiger partial charge is 0.358 e. The zero-order valence-electron chi connectivity index (χ0n) is 11.0. The molecular weight excluding hydrogens is 394 g/mol. The Morgan fingerprint density at radius 1 is 0.933 bits per heavy atom. The van der Waals surface area contributed by atoms with Crippen molar-refractivity contribution >= 4 is 24.8 Å². The Bertz CT molecular complexity index is 71.7. The maximum atomic E-state index is 3.25. The van der Waals surface area contributed by atoms with Gasteiger partial charge in [0.25, 0.3) is 0 Å². The maximum absolute atomic E-state index is 3.25. The van der Waals surface area contributed by atoms with Crippen molar-refractivity contribution in [2.45, 2.75) is 13.3 Å².